The zero-order valence-electron chi connectivity index (χ0n) is 27.9. The molecule has 0 N–H and O–H groups in total. The maximum absolute atomic E-state index is 3.11. The summed E-state index contributed by atoms with van der Waals surface area (Å²) in [5.74, 6) is 0. The molecular formula is C48H33N2Si-. The van der Waals surface area contributed by atoms with Crippen LogP contribution in [0.5, 0.6) is 0 Å². The van der Waals surface area contributed by atoms with Crippen LogP contribution in [0.3, 0.4) is 0 Å². The van der Waals surface area contributed by atoms with Crippen LogP contribution in [0.15, 0.2) is 194 Å². The quantitative estimate of drug-likeness (QED) is 0.166. The molecule has 3 heterocycles. The monoisotopic (exact) mass is 665 g/mol. The number of fused-ring (bicyclic) bond motifs is 9. The van der Waals surface area contributed by atoms with Gasteiger partial charge in [-0.3, -0.25) is 0 Å². The Balaban J connectivity index is 1.25. The van der Waals surface area contributed by atoms with Crippen molar-refractivity contribution < 1.29 is 0 Å². The third-order valence-corrected chi connectivity index (χ3v) is 17.2. The van der Waals surface area contributed by atoms with Crippen molar-refractivity contribution in [1.29, 1.82) is 0 Å². The van der Waals surface area contributed by atoms with Crippen LogP contribution in [0.1, 0.15) is 0 Å². The van der Waals surface area contributed by atoms with Crippen molar-refractivity contribution in [1.82, 2.24) is 9.13 Å². The first-order chi connectivity index (χ1) is 25.3. The summed E-state index contributed by atoms with van der Waals surface area (Å²) in [7, 11) is -3.11. The van der Waals surface area contributed by atoms with E-state index in [1.165, 1.54) is 86.9 Å². The van der Waals surface area contributed by atoms with E-state index < -0.39 is 8.07 Å². The number of nitrogens with zero attached hydrogens (tertiary/aromatic N) is 2. The molecule has 3 heteroatoms. The van der Waals surface area contributed by atoms with Gasteiger partial charge in [0.15, 0.2) is 0 Å². The molecule has 0 atom stereocenters. The summed E-state index contributed by atoms with van der Waals surface area (Å²) in [6.07, 6.45) is 0. The average molecular weight is 666 g/mol. The first-order valence-corrected chi connectivity index (χ1v) is 20.2. The van der Waals surface area contributed by atoms with Crippen molar-refractivity contribution in [2.24, 2.45) is 0 Å². The second-order valence-electron chi connectivity index (χ2n) is 14.0. The molecule has 8 aromatic carbocycles. The molecule has 10 aromatic rings. The Bertz CT molecular complexity index is 2660. The van der Waals surface area contributed by atoms with Crippen molar-refractivity contribution in [2.45, 2.75) is 0 Å². The van der Waals surface area contributed by atoms with Gasteiger partial charge in [0.25, 0.3) is 0 Å². The predicted octanol–water partition coefficient (Wildman–Crippen LogP) is 8.97. The topological polar surface area (TPSA) is 9.86 Å². The number of hydrogen-bond donors (Lipinski definition) is 0. The fraction of sp³-hybridized carbons (Fsp3) is 0. The molecule has 2 aromatic heterocycles. The summed E-state index contributed by atoms with van der Waals surface area (Å²) < 4.78 is 4.91. The summed E-state index contributed by atoms with van der Waals surface area (Å²) in [5.41, 5.74) is 9.97. The molecule has 0 amide bonds. The van der Waals surface area contributed by atoms with E-state index in [0.29, 0.717) is 0 Å². The minimum absolute atomic E-state index is 1.19. The van der Waals surface area contributed by atoms with E-state index in [1.807, 2.05) is 0 Å². The van der Waals surface area contributed by atoms with Gasteiger partial charge in [0.05, 0.1) is 0 Å². The van der Waals surface area contributed by atoms with Crippen LogP contribution in [0.4, 0.5) is 0 Å². The Hall–Kier alpha value is -6.42. The van der Waals surface area contributed by atoms with Gasteiger partial charge in [-0.05, 0) is 0 Å². The van der Waals surface area contributed by atoms with Crippen molar-refractivity contribution in [2.75, 3.05) is 0 Å². The average Bonchev–Trinajstić information content (AvgIpc) is 3.82. The van der Waals surface area contributed by atoms with Gasteiger partial charge in [-0.25, -0.2) is 0 Å². The Labute approximate surface area is 297 Å². The zero-order chi connectivity index (χ0) is 33.5. The van der Waals surface area contributed by atoms with E-state index in [2.05, 4.69) is 203 Å². The molecule has 51 heavy (non-hydrogen) atoms. The molecule has 0 fully saturated rings. The molecule has 0 spiro atoms. The van der Waals surface area contributed by atoms with Crippen molar-refractivity contribution in [3.63, 3.8) is 0 Å². The van der Waals surface area contributed by atoms with E-state index >= 15 is 0 Å². The van der Waals surface area contributed by atoms with Crippen LogP contribution in [0.2, 0.25) is 0 Å². The van der Waals surface area contributed by atoms with Gasteiger partial charge >= 0.3 is 298 Å². The first kappa shape index (κ1) is 28.4. The third kappa shape index (κ3) is 3.87. The Morgan fingerprint density at radius 1 is 0.294 bits per heavy atom. The summed E-state index contributed by atoms with van der Waals surface area (Å²) in [6, 6.07) is 72.5. The Morgan fingerprint density at radius 3 is 0.961 bits per heavy atom. The zero-order valence-corrected chi connectivity index (χ0v) is 29.1. The Morgan fingerprint density at radius 2 is 0.608 bits per heavy atom. The summed E-state index contributed by atoms with van der Waals surface area (Å²) in [6.45, 7) is 0. The summed E-state index contributed by atoms with van der Waals surface area (Å²) in [4.78, 5) is 0. The second-order valence-corrected chi connectivity index (χ2v) is 18.3. The van der Waals surface area contributed by atoms with Crippen LogP contribution in [0, 0.1) is 0 Å². The van der Waals surface area contributed by atoms with Crippen LogP contribution >= 0.6 is 0 Å². The standard InChI is InChI=1S/C48H33N2Si/c1-3-15-35(16-4-1)51(36-17-5-2-6-18-36)47-29-27-33(49-43-23-11-7-19-37(43)38-20-8-12-24-44(38)49)31-41(47)42-32-34(28-30-48(42)51)50-45-25-13-9-21-39(45)40-22-10-14-26-46(40)50/h1-32,51H/q-1. The second kappa shape index (κ2) is 10.8. The van der Waals surface area contributed by atoms with Crippen molar-refractivity contribution >= 4 is 72.4 Å². The number of hydrogen-bond acceptors (Lipinski definition) is 0. The fourth-order valence-corrected chi connectivity index (χ4v) is 15.5. The van der Waals surface area contributed by atoms with E-state index in [1.54, 1.807) is 0 Å². The molecule has 0 saturated heterocycles. The molecule has 0 aliphatic carbocycles. The third-order valence-electron chi connectivity index (χ3n) is 11.6. The normalized spacial score (nSPS) is 13.9. The number of aromatic nitrogens is 2. The number of rotatable bonds is 4. The van der Waals surface area contributed by atoms with Gasteiger partial charge in [-0.1, -0.05) is 0 Å². The SMILES string of the molecule is c1ccc([SiH-]2(c3ccccc3)c3ccc(-n4c5ccccc5c5ccccc54)cc3-c3cc(-n4c5ccccc5c5ccccc54)ccc32)cc1. The molecule has 2 nitrogen and oxygen atoms in total. The van der Waals surface area contributed by atoms with E-state index in [-0.39, 0.29) is 0 Å². The predicted molar refractivity (Wildman–Crippen MR) is 219 cm³/mol. The van der Waals surface area contributed by atoms with Gasteiger partial charge in [-0.2, -0.15) is 0 Å². The molecule has 0 saturated carbocycles. The molecule has 240 valence electrons. The summed E-state index contributed by atoms with van der Waals surface area (Å²) >= 11 is 0. The van der Waals surface area contributed by atoms with Crippen molar-refractivity contribution in [3.8, 4) is 22.5 Å². The van der Waals surface area contributed by atoms with E-state index in [4.69, 9.17) is 0 Å². The van der Waals surface area contributed by atoms with Gasteiger partial charge in [0.1, 0.15) is 0 Å². The van der Waals surface area contributed by atoms with Gasteiger partial charge in [-0.15, -0.1) is 0 Å². The molecule has 0 radical (unpaired) electrons. The molecule has 0 bridgehead atoms. The van der Waals surface area contributed by atoms with E-state index in [0.717, 1.165) is 0 Å². The van der Waals surface area contributed by atoms with Gasteiger partial charge in [0.2, 0.25) is 0 Å². The Kier molecular flexibility index (Phi) is 6.01. The van der Waals surface area contributed by atoms with Crippen molar-refractivity contribution in [3.05, 3.63) is 194 Å². The first-order valence-electron chi connectivity index (χ1n) is 17.9. The summed E-state index contributed by atoms with van der Waals surface area (Å²) in [5, 5.41) is 10.9. The van der Waals surface area contributed by atoms with Gasteiger partial charge in [0, 0.05) is 0 Å². The number of benzene rings is 8. The van der Waals surface area contributed by atoms with Crippen LogP contribution in [-0.4, -0.2) is 17.2 Å². The number of para-hydroxylation sites is 4. The molecule has 1 aliphatic heterocycles. The minimum atomic E-state index is -3.11. The maximum atomic E-state index is 2.48. The molecule has 0 unspecified atom stereocenters. The molecule has 11 rings (SSSR count). The van der Waals surface area contributed by atoms with Crippen LogP contribution in [-0.2, 0) is 0 Å². The molecular weight excluding hydrogens is 633 g/mol. The fourth-order valence-electron chi connectivity index (χ4n) is 9.55. The molecule has 1 aliphatic rings. The van der Waals surface area contributed by atoms with Crippen LogP contribution < -0.4 is 20.7 Å². The van der Waals surface area contributed by atoms with E-state index in [9.17, 15) is 0 Å². The van der Waals surface area contributed by atoms with Crippen LogP contribution in [0.25, 0.3) is 66.1 Å². The van der Waals surface area contributed by atoms with Gasteiger partial charge < -0.3 is 0 Å².